The summed E-state index contributed by atoms with van der Waals surface area (Å²) in [6, 6.07) is 6.25. The quantitative estimate of drug-likeness (QED) is 0.775. The number of likely N-dealkylation sites (tertiary alicyclic amines) is 1. The third-order valence-corrected chi connectivity index (χ3v) is 4.78. The zero-order valence-electron chi connectivity index (χ0n) is 14.9. The lowest BCUT2D eigenvalue weighted by Crippen LogP contribution is -2.47. The van der Waals surface area contributed by atoms with Crippen molar-refractivity contribution in [3.05, 3.63) is 48.5 Å². The Morgan fingerprint density at radius 3 is 3.00 bits per heavy atom. The lowest BCUT2D eigenvalue weighted by Gasteiger charge is -2.37. The number of aryl methyl sites for hydroxylation is 1. The summed E-state index contributed by atoms with van der Waals surface area (Å²) < 4.78 is 1.95. The van der Waals surface area contributed by atoms with Gasteiger partial charge in [0.25, 0.3) is 0 Å². The van der Waals surface area contributed by atoms with Gasteiger partial charge in [0.2, 0.25) is 5.91 Å². The molecule has 0 unspecified atom stereocenters. The van der Waals surface area contributed by atoms with E-state index >= 15 is 0 Å². The number of nitrogens with zero attached hydrogens (tertiary/aromatic N) is 5. The molecule has 25 heavy (non-hydrogen) atoms. The largest absolute Gasteiger partial charge is 0.339 e. The summed E-state index contributed by atoms with van der Waals surface area (Å²) in [4.78, 5) is 21.1. The van der Waals surface area contributed by atoms with Crippen molar-refractivity contribution in [3.63, 3.8) is 0 Å². The van der Waals surface area contributed by atoms with E-state index < -0.39 is 0 Å². The van der Waals surface area contributed by atoms with Gasteiger partial charge < -0.3 is 4.90 Å². The highest BCUT2D eigenvalue weighted by molar-refractivity contribution is 5.78. The second-order valence-corrected chi connectivity index (χ2v) is 6.83. The Hall–Kier alpha value is -2.21. The van der Waals surface area contributed by atoms with Crippen LogP contribution in [0.2, 0.25) is 0 Å². The summed E-state index contributed by atoms with van der Waals surface area (Å²) in [5.74, 6) is 0.233. The molecule has 3 heterocycles. The average molecular weight is 341 g/mol. The van der Waals surface area contributed by atoms with Gasteiger partial charge in [0.1, 0.15) is 0 Å². The minimum Gasteiger partial charge on any atom is -0.339 e. The average Bonchev–Trinajstić information content (AvgIpc) is 3.14. The van der Waals surface area contributed by atoms with E-state index in [1.807, 2.05) is 42.3 Å². The predicted molar refractivity (Wildman–Crippen MR) is 96.8 cm³/mol. The fourth-order valence-corrected chi connectivity index (χ4v) is 3.52. The van der Waals surface area contributed by atoms with Crippen LogP contribution >= 0.6 is 0 Å². The van der Waals surface area contributed by atoms with Crippen LogP contribution in [0.15, 0.2) is 43.0 Å². The van der Waals surface area contributed by atoms with Gasteiger partial charge in [-0.25, -0.2) is 0 Å². The molecule has 0 radical (unpaired) electrons. The van der Waals surface area contributed by atoms with Crippen LogP contribution in [0.5, 0.6) is 0 Å². The molecule has 0 spiro atoms. The molecule has 1 aliphatic heterocycles. The van der Waals surface area contributed by atoms with Crippen LogP contribution in [0.4, 0.5) is 0 Å². The Balaban J connectivity index is 1.52. The zero-order chi connectivity index (χ0) is 17.5. The molecule has 1 atom stereocenters. The summed E-state index contributed by atoms with van der Waals surface area (Å²) >= 11 is 0. The van der Waals surface area contributed by atoms with Gasteiger partial charge in [-0.15, -0.1) is 0 Å². The van der Waals surface area contributed by atoms with Crippen LogP contribution in [0.1, 0.15) is 31.2 Å². The van der Waals surface area contributed by atoms with E-state index in [-0.39, 0.29) is 5.91 Å². The van der Waals surface area contributed by atoms with Gasteiger partial charge in [0.05, 0.1) is 6.54 Å². The molecule has 6 nitrogen and oxygen atoms in total. The van der Waals surface area contributed by atoms with E-state index in [2.05, 4.69) is 19.9 Å². The van der Waals surface area contributed by atoms with Gasteiger partial charge in [-0.1, -0.05) is 6.07 Å². The molecule has 1 amide bonds. The number of piperidine rings is 1. The number of aromatic nitrogens is 3. The Bertz CT molecular complexity index is 643. The first-order valence-corrected chi connectivity index (χ1v) is 9.07. The molecule has 1 aliphatic rings. The molecular formula is C19H27N5O. The number of hydrogen-bond donors (Lipinski definition) is 0. The summed E-state index contributed by atoms with van der Waals surface area (Å²) in [7, 11) is 1.99. The SMILES string of the molecule is CN(CC(=O)N1CCCC[C@H]1CCn1cccn1)Cc1cccnc1. The summed E-state index contributed by atoms with van der Waals surface area (Å²) in [6.45, 7) is 2.94. The standard InChI is InChI=1S/C19H27N5O/c1-22(15-17-6-4-9-20-14-17)16-19(25)24-12-3-2-7-18(24)8-13-23-11-5-10-21-23/h4-6,9-11,14,18H,2-3,7-8,12-13,15-16H2,1H3/t18-/m0/s1. The highest BCUT2D eigenvalue weighted by Gasteiger charge is 2.27. The normalized spacial score (nSPS) is 17.8. The van der Waals surface area contributed by atoms with Crippen molar-refractivity contribution in [1.29, 1.82) is 0 Å². The number of pyridine rings is 1. The van der Waals surface area contributed by atoms with Gasteiger partial charge in [-0.2, -0.15) is 5.10 Å². The Kier molecular flexibility index (Phi) is 6.17. The van der Waals surface area contributed by atoms with E-state index in [9.17, 15) is 4.79 Å². The Morgan fingerprint density at radius 1 is 1.32 bits per heavy atom. The first kappa shape index (κ1) is 17.6. The topological polar surface area (TPSA) is 54.3 Å². The Labute approximate surface area is 149 Å². The van der Waals surface area contributed by atoms with Crippen LogP contribution < -0.4 is 0 Å². The first-order valence-electron chi connectivity index (χ1n) is 9.07. The molecule has 0 N–H and O–H groups in total. The third kappa shape index (κ3) is 5.13. The zero-order valence-corrected chi connectivity index (χ0v) is 14.9. The second kappa shape index (κ2) is 8.76. The van der Waals surface area contributed by atoms with E-state index in [0.717, 1.165) is 44.5 Å². The molecule has 0 saturated carbocycles. The molecule has 1 fully saturated rings. The highest BCUT2D eigenvalue weighted by Crippen LogP contribution is 2.20. The monoisotopic (exact) mass is 341 g/mol. The van der Waals surface area contributed by atoms with E-state index in [0.29, 0.717) is 12.6 Å². The third-order valence-electron chi connectivity index (χ3n) is 4.78. The van der Waals surface area contributed by atoms with Crippen LogP contribution in [0.25, 0.3) is 0 Å². The molecule has 134 valence electrons. The van der Waals surface area contributed by atoms with Crippen molar-refractivity contribution >= 4 is 5.91 Å². The maximum Gasteiger partial charge on any atom is 0.236 e. The molecule has 3 rings (SSSR count). The van der Waals surface area contributed by atoms with Crippen LogP contribution in [-0.2, 0) is 17.9 Å². The van der Waals surface area contributed by atoms with Crippen molar-refractivity contribution in [2.45, 2.75) is 44.8 Å². The molecular weight excluding hydrogens is 314 g/mol. The predicted octanol–water partition coefficient (Wildman–Crippen LogP) is 2.18. The number of amides is 1. The number of rotatable bonds is 7. The Morgan fingerprint density at radius 2 is 2.24 bits per heavy atom. The van der Waals surface area contributed by atoms with Crippen molar-refractivity contribution in [1.82, 2.24) is 24.6 Å². The van der Waals surface area contributed by atoms with Crippen molar-refractivity contribution in [2.24, 2.45) is 0 Å². The number of carbonyl (C=O) groups excluding carboxylic acids is 1. The van der Waals surface area contributed by atoms with Gasteiger partial charge in [0.15, 0.2) is 0 Å². The maximum absolute atomic E-state index is 12.8. The molecule has 0 aliphatic carbocycles. The van der Waals surface area contributed by atoms with E-state index in [4.69, 9.17) is 0 Å². The fraction of sp³-hybridized carbons (Fsp3) is 0.526. The number of likely N-dealkylation sites (N-methyl/N-ethyl adjacent to an activating group) is 1. The minimum atomic E-state index is 0.233. The second-order valence-electron chi connectivity index (χ2n) is 6.83. The van der Waals surface area contributed by atoms with E-state index in [1.165, 1.54) is 6.42 Å². The lowest BCUT2D eigenvalue weighted by atomic mass is 9.99. The highest BCUT2D eigenvalue weighted by atomic mass is 16.2. The fourth-order valence-electron chi connectivity index (χ4n) is 3.52. The summed E-state index contributed by atoms with van der Waals surface area (Å²) in [5, 5.41) is 4.26. The lowest BCUT2D eigenvalue weighted by molar-refractivity contribution is -0.136. The number of carbonyl (C=O) groups is 1. The maximum atomic E-state index is 12.8. The minimum absolute atomic E-state index is 0.233. The molecule has 6 heteroatoms. The smallest absolute Gasteiger partial charge is 0.236 e. The first-order chi connectivity index (χ1) is 12.2. The van der Waals surface area contributed by atoms with Gasteiger partial charge in [-0.05, 0) is 50.4 Å². The summed E-state index contributed by atoms with van der Waals surface area (Å²) in [5.41, 5.74) is 1.13. The number of hydrogen-bond acceptors (Lipinski definition) is 4. The van der Waals surface area contributed by atoms with Gasteiger partial charge in [-0.3, -0.25) is 19.4 Å². The van der Waals surface area contributed by atoms with E-state index in [1.54, 1.807) is 12.4 Å². The molecule has 0 bridgehead atoms. The molecule has 2 aromatic heterocycles. The van der Waals surface area contributed by atoms with Crippen LogP contribution in [-0.4, -0.2) is 56.7 Å². The van der Waals surface area contributed by atoms with Crippen molar-refractivity contribution in [2.75, 3.05) is 20.1 Å². The summed E-state index contributed by atoms with van der Waals surface area (Å²) in [6.07, 6.45) is 11.8. The van der Waals surface area contributed by atoms with Crippen molar-refractivity contribution in [3.8, 4) is 0 Å². The van der Waals surface area contributed by atoms with Gasteiger partial charge >= 0.3 is 0 Å². The van der Waals surface area contributed by atoms with Gasteiger partial charge in [0, 0.05) is 50.5 Å². The van der Waals surface area contributed by atoms with Crippen molar-refractivity contribution < 1.29 is 4.79 Å². The molecule has 2 aromatic rings. The molecule has 1 saturated heterocycles. The van der Waals surface area contributed by atoms with Crippen LogP contribution in [0, 0.1) is 0 Å². The van der Waals surface area contributed by atoms with Crippen LogP contribution in [0.3, 0.4) is 0 Å². The molecule has 0 aromatic carbocycles.